The van der Waals surface area contributed by atoms with E-state index in [2.05, 4.69) is 29.6 Å². The molecule has 0 saturated heterocycles. The number of aryl methyl sites for hydroxylation is 3. The highest BCUT2D eigenvalue weighted by atomic mass is 16.2. The molecule has 21 heavy (non-hydrogen) atoms. The van der Waals surface area contributed by atoms with E-state index in [4.69, 9.17) is 0 Å². The summed E-state index contributed by atoms with van der Waals surface area (Å²) in [5.41, 5.74) is 5.38. The number of nitrogens with one attached hydrogen (secondary N) is 2. The van der Waals surface area contributed by atoms with Gasteiger partial charge in [0.15, 0.2) is 0 Å². The Balaban J connectivity index is 1.94. The van der Waals surface area contributed by atoms with Crippen LogP contribution in [-0.4, -0.2) is 15.8 Å². The highest BCUT2D eigenvalue weighted by Gasteiger charge is 2.07. The zero-order valence-electron chi connectivity index (χ0n) is 13.0. The molecule has 5 heteroatoms. The topological polar surface area (TPSA) is 59.0 Å². The van der Waals surface area contributed by atoms with Crippen LogP contribution >= 0.6 is 0 Å². The third-order valence-electron chi connectivity index (χ3n) is 3.76. The Kier molecular flexibility index (Phi) is 4.62. The lowest BCUT2D eigenvalue weighted by Crippen LogP contribution is -2.28. The summed E-state index contributed by atoms with van der Waals surface area (Å²) in [6.45, 7) is 6.64. The summed E-state index contributed by atoms with van der Waals surface area (Å²) in [5.74, 6) is 0. The van der Waals surface area contributed by atoms with Gasteiger partial charge in [-0.2, -0.15) is 5.10 Å². The quantitative estimate of drug-likeness (QED) is 0.908. The second kappa shape index (κ2) is 6.43. The van der Waals surface area contributed by atoms with Crippen LogP contribution in [0, 0.1) is 13.8 Å². The average Bonchev–Trinajstić information content (AvgIpc) is 2.78. The number of carbonyl (C=O) groups is 1. The van der Waals surface area contributed by atoms with Crippen LogP contribution in [0.5, 0.6) is 0 Å². The van der Waals surface area contributed by atoms with Crippen LogP contribution in [0.15, 0.2) is 24.4 Å². The van der Waals surface area contributed by atoms with Crippen molar-refractivity contribution in [2.75, 3.05) is 5.32 Å². The Bertz CT molecular complexity index is 646. The number of aromatic nitrogens is 2. The third kappa shape index (κ3) is 3.62. The Labute approximate surface area is 125 Å². The Morgan fingerprint density at radius 1 is 1.29 bits per heavy atom. The van der Waals surface area contributed by atoms with E-state index in [0.29, 0.717) is 6.54 Å². The number of nitrogens with zero attached hydrogens (tertiary/aromatic N) is 2. The first-order chi connectivity index (χ1) is 10.0. The van der Waals surface area contributed by atoms with Gasteiger partial charge in [-0.25, -0.2) is 4.79 Å². The zero-order chi connectivity index (χ0) is 15.4. The fourth-order valence-corrected chi connectivity index (χ4v) is 2.20. The van der Waals surface area contributed by atoms with E-state index in [1.807, 2.05) is 32.2 Å². The second-order valence-corrected chi connectivity index (χ2v) is 5.18. The van der Waals surface area contributed by atoms with Gasteiger partial charge in [-0.3, -0.25) is 4.68 Å². The van der Waals surface area contributed by atoms with E-state index >= 15 is 0 Å². The SMILES string of the molecule is CCc1cc(NC(=O)NCc2cnn(C)c2C)ccc1C. The molecule has 1 heterocycles. The lowest BCUT2D eigenvalue weighted by Gasteiger charge is -2.10. The van der Waals surface area contributed by atoms with Crippen molar-refractivity contribution in [1.29, 1.82) is 0 Å². The summed E-state index contributed by atoms with van der Waals surface area (Å²) in [4.78, 5) is 11.9. The summed E-state index contributed by atoms with van der Waals surface area (Å²) in [5, 5.41) is 9.87. The van der Waals surface area contributed by atoms with Crippen LogP contribution in [0.4, 0.5) is 10.5 Å². The number of urea groups is 1. The third-order valence-corrected chi connectivity index (χ3v) is 3.76. The smallest absolute Gasteiger partial charge is 0.319 e. The number of anilines is 1. The zero-order valence-corrected chi connectivity index (χ0v) is 13.0. The van der Waals surface area contributed by atoms with Crippen molar-refractivity contribution >= 4 is 11.7 Å². The van der Waals surface area contributed by atoms with Crippen LogP contribution in [0.3, 0.4) is 0 Å². The van der Waals surface area contributed by atoms with Gasteiger partial charge in [-0.15, -0.1) is 0 Å². The molecule has 2 aromatic rings. The number of carbonyl (C=O) groups excluding carboxylic acids is 1. The Hall–Kier alpha value is -2.30. The molecule has 1 aromatic heterocycles. The van der Waals surface area contributed by atoms with Crippen LogP contribution in [0.25, 0.3) is 0 Å². The number of rotatable bonds is 4. The maximum absolute atomic E-state index is 11.9. The predicted octanol–water partition coefficient (Wildman–Crippen LogP) is 2.92. The maximum atomic E-state index is 11.9. The lowest BCUT2D eigenvalue weighted by atomic mass is 10.1. The second-order valence-electron chi connectivity index (χ2n) is 5.18. The van der Waals surface area contributed by atoms with Gasteiger partial charge < -0.3 is 10.6 Å². The van der Waals surface area contributed by atoms with Crippen molar-refractivity contribution < 1.29 is 4.79 Å². The summed E-state index contributed by atoms with van der Waals surface area (Å²) < 4.78 is 1.79. The molecule has 112 valence electrons. The van der Waals surface area contributed by atoms with Gasteiger partial charge in [0.1, 0.15) is 0 Å². The minimum atomic E-state index is -0.204. The molecule has 0 fully saturated rings. The van der Waals surface area contributed by atoms with E-state index in [1.54, 1.807) is 10.9 Å². The van der Waals surface area contributed by atoms with Crippen LogP contribution < -0.4 is 10.6 Å². The van der Waals surface area contributed by atoms with Crippen LogP contribution in [-0.2, 0) is 20.0 Å². The molecular weight excluding hydrogens is 264 g/mol. The van der Waals surface area contributed by atoms with E-state index in [0.717, 1.165) is 23.4 Å². The first kappa shape index (κ1) is 15.1. The molecule has 0 bridgehead atoms. The van der Waals surface area contributed by atoms with Gasteiger partial charge >= 0.3 is 6.03 Å². The first-order valence-electron chi connectivity index (χ1n) is 7.13. The number of hydrogen-bond acceptors (Lipinski definition) is 2. The minimum Gasteiger partial charge on any atom is -0.334 e. The molecule has 0 radical (unpaired) electrons. The van der Waals surface area contributed by atoms with Gasteiger partial charge in [-0.1, -0.05) is 13.0 Å². The van der Waals surface area contributed by atoms with Gasteiger partial charge in [0.2, 0.25) is 0 Å². The molecule has 0 aliphatic carbocycles. The monoisotopic (exact) mass is 286 g/mol. The molecule has 0 atom stereocenters. The van der Waals surface area contributed by atoms with Crippen LogP contribution in [0.2, 0.25) is 0 Å². The summed E-state index contributed by atoms with van der Waals surface area (Å²) in [6.07, 6.45) is 2.73. The normalized spacial score (nSPS) is 10.5. The molecule has 0 aliphatic rings. The van der Waals surface area contributed by atoms with Crippen molar-refractivity contribution in [3.63, 3.8) is 0 Å². The molecule has 0 aliphatic heterocycles. The maximum Gasteiger partial charge on any atom is 0.319 e. The summed E-state index contributed by atoms with van der Waals surface area (Å²) in [6, 6.07) is 5.76. The molecule has 0 spiro atoms. The highest BCUT2D eigenvalue weighted by Crippen LogP contribution is 2.15. The van der Waals surface area contributed by atoms with Crippen molar-refractivity contribution in [1.82, 2.24) is 15.1 Å². The van der Waals surface area contributed by atoms with Gasteiger partial charge in [0, 0.05) is 30.5 Å². The fraction of sp³-hybridized carbons (Fsp3) is 0.375. The molecule has 0 saturated carbocycles. The van der Waals surface area contributed by atoms with E-state index in [-0.39, 0.29) is 6.03 Å². The summed E-state index contributed by atoms with van der Waals surface area (Å²) >= 11 is 0. The largest absolute Gasteiger partial charge is 0.334 e. The first-order valence-corrected chi connectivity index (χ1v) is 7.13. The minimum absolute atomic E-state index is 0.204. The van der Waals surface area contributed by atoms with Gasteiger partial charge in [0.25, 0.3) is 0 Å². The Morgan fingerprint density at radius 2 is 2.05 bits per heavy atom. The molecule has 2 N–H and O–H groups in total. The molecule has 0 unspecified atom stereocenters. The van der Waals surface area contributed by atoms with E-state index < -0.39 is 0 Å². The number of benzene rings is 1. The van der Waals surface area contributed by atoms with Gasteiger partial charge in [0.05, 0.1) is 6.20 Å². The molecule has 1 aromatic carbocycles. The van der Waals surface area contributed by atoms with Crippen LogP contribution in [0.1, 0.15) is 29.3 Å². The highest BCUT2D eigenvalue weighted by molar-refractivity contribution is 5.89. The summed E-state index contributed by atoms with van der Waals surface area (Å²) in [7, 11) is 1.89. The molecular formula is C16H22N4O. The van der Waals surface area contributed by atoms with E-state index in [9.17, 15) is 4.79 Å². The number of amides is 2. The van der Waals surface area contributed by atoms with Crippen molar-refractivity contribution in [3.05, 3.63) is 46.8 Å². The number of hydrogen-bond donors (Lipinski definition) is 2. The van der Waals surface area contributed by atoms with Crippen molar-refractivity contribution in [3.8, 4) is 0 Å². The lowest BCUT2D eigenvalue weighted by molar-refractivity contribution is 0.251. The van der Waals surface area contributed by atoms with E-state index in [1.165, 1.54) is 11.1 Å². The predicted molar refractivity (Wildman–Crippen MR) is 84.4 cm³/mol. The molecule has 2 amide bonds. The van der Waals surface area contributed by atoms with Crippen molar-refractivity contribution in [2.24, 2.45) is 7.05 Å². The molecule has 2 rings (SSSR count). The average molecular weight is 286 g/mol. The van der Waals surface area contributed by atoms with Crippen molar-refractivity contribution in [2.45, 2.75) is 33.7 Å². The Morgan fingerprint density at radius 3 is 2.67 bits per heavy atom. The standard InChI is InChI=1S/C16H22N4O/c1-5-13-8-15(7-6-11(13)2)19-16(21)17-9-14-10-18-20(4)12(14)3/h6-8,10H,5,9H2,1-4H3,(H2,17,19,21). The fourth-order valence-electron chi connectivity index (χ4n) is 2.20. The molecule has 5 nitrogen and oxygen atoms in total. The van der Waals surface area contributed by atoms with Gasteiger partial charge in [-0.05, 0) is 43.5 Å².